The molecule has 1 amide bonds. The second-order valence-electron chi connectivity index (χ2n) is 7.46. The first-order valence-corrected chi connectivity index (χ1v) is 10.4. The van der Waals surface area contributed by atoms with Crippen molar-refractivity contribution in [2.24, 2.45) is 0 Å². The second kappa shape index (κ2) is 8.88. The summed E-state index contributed by atoms with van der Waals surface area (Å²) in [6.07, 6.45) is 2.05. The number of tetrazole rings is 1. The standard InChI is InChI=1S/C21H22ClN7O2/c1-13-14(2)28(11-15-6-5-9-31-15)21(17(13)10-23)24-19(30)12-29-26-20(25-27-29)16-7-3-4-8-18(16)22/h3-4,7-8,15H,5-6,9,11-12H2,1-2H3,(H,24,30)/t15-/m0/s1. The van der Waals surface area contributed by atoms with Crippen LogP contribution in [-0.2, 0) is 22.6 Å². The maximum Gasteiger partial charge on any atom is 0.249 e. The molecule has 1 atom stereocenters. The van der Waals surface area contributed by atoms with Gasteiger partial charge in [0, 0.05) is 17.9 Å². The molecule has 9 nitrogen and oxygen atoms in total. The molecule has 1 aromatic carbocycles. The van der Waals surface area contributed by atoms with Crippen molar-refractivity contribution >= 4 is 23.3 Å². The molecule has 1 aliphatic heterocycles. The van der Waals surface area contributed by atoms with E-state index in [4.69, 9.17) is 16.3 Å². The largest absolute Gasteiger partial charge is 0.376 e. The summed E-state index contributed by atoms with van der Waals surface area (Å²) in [6.45, 7) is 5.00. The normalized spacial score (nSPS) is 15.7. The van der Waals surface area contributed by atoms with Crippen molar-refractivity contribution < 1.29 is 9.53 Å². The maximum atomic E-state index is 12.8. The van der Waals surface area contributed by atoms with Crippen LogP contribution in [0.2, 0.25) is 5.02 Å². The minimum Gasteiger partial charge on any atom is -0.376 e. The highest BCUT2D eigenvalue weighted by molar-refractivity contribution is 6.33. The van der Waals surface area contributed by atoms with Gasteiger partial charge in [-0.1, -0.05) is 23.7 Å². The van der Waals surface area contributed by atoms with E-state index in [1.807, 2.05) is 30.5 Å². The first-order valence-electron chi connectivity index (χ1n) is 10.0. The van der Waals surface area contributed by atoms with E-state index in [0.717, 1.165) is 30.7 Å². The van der Waals surface area contributed by atoms with Crippen LogP contribution in [0.15, 0.2) is 24.3 Å². The Morgan fingerprint density at radius 3 is 2.90 bits per heavy atom. The highest BCUT2D eigenvalue weighted by atomic mass is 35.5. The van der Waals surface area contributed by atoms with Gasteiger partial charge >= 0.3 is 0 Å². The van der Waals surface area contributed by atoms with Crippen LogP contribution in [0.25, 0.3) is 11.4 Å². The fourth-order valence-corrected chi connectivity index (χ4v) is 3.93. The maximum absolute atomic E-state index is 12.8. The molecule has 4 rings (SSSR count). The first kappa shape index (κ1) is 21.0. The molecule has 1 aliphatic rings. The van der Waals surface area contributed by atoms with Gasteiger partial charge in [-0.2, -0.15) is 10.1 Å². The number of carbonyl (C=O) groups excluding carboxylic acids is 1. The Hall–Kier alpha value is -3.22. The van der Waals surface area contributed by atoms with E-state index in [0.29, 0.717) is 34.3 Å². The summed E-state index contributed by atoms with van der Waals surface area (Å²) in [7, 11) is 0. The summed E-state index contributed by atoms with van der Waals surface area (Å²) in [6, 6.07) is 9.37. The molecule has 1 saturated heterocycles. The number of amides is 1. The van der Waals surface area contributed by atoms with Crippen molar-refractivity contribution in [1.29, 1.82) is 5.26 Å². The van der Waals surface area contributed by atoms with Gasteiger partial charge in [-0.05, 0) is 49.6 Å². The zero-order valence-corrected chi connectivity index (χ0v) is 18.1. The van der Waals surface area contributed by atoms with Crippen LogP contribution in [0.5, 0.6) is 0 Å². The van der Waals surface area contributed by atoms with Gasteiger partial charge in [0.05, 0.1) is 23.2 Å². The molecule has 3 heterocycles. The Morgan fingerprint density at radius 1 is 1.39 bits per heavy atom. The fraction of sp³-hybridized carbons (Fsp3) is 0.381. The summed E-state index contributed by atoms with van der Waals surface area (Å²) >= 11 is 6.18. The number of benzene rings is 1. The number of halogens is 1. The third-order valence-electron chi connectivity index (χ3n) is 5.46. The zero-order chi connectivity index (χ0) is 22.0. The molecule has 160 valence electrons. The van der Waals surface area contributed by atoms with Crippen LogP contribution in [0.1, 0.15) is 29.7 Å². The van der Waals surface area contributed by atoms with E-state index in [1.54, 1.807) is 12.1 Å². The van der Waals surface area contributed by atoms with Gasteiger partial charge in [-0.3, -0.25) is 4.79 Å². The molecule has 0 saturated carbocycles. The van der Waals surface area contributed by atoms with Gasteiger partial charge in [0.2, 0.25) is 11.7 Å². The Labute approximate surface area is 184 Å². The van der Waals surface area contributed by atoms with E-state index in [2.05, 4.69) is 26.8 Å². The molecule has 0 radical (unpaired) electrons. The highest BCUT2D eigenvalue weighted by Gasteiger charge is 2.24. The summed E-state index contributed by atoms with van der Waals surface area (Å²) < 4.78 is 7.70. The molecule has 0 bridgehead atoms. The molecule has 1 fully saturated rings. The van der Waals surface area contributed by atoms with E-state index < -0.39 is 0 Å². The molecule has 0 spiro atoms. The van der Waals surface area contributed by atoms with Crippen LogP contribution in [0.3, 0.4) is 0 Å². The molecule has 31 heavy (non-hydrogen) atoms. The van der Waals surface area contributed by atoms with Crippen LogP contribution in [0.4, 0.5) is 5.82 Å². The van der Waals surface area contributed by atoms with Crippen molar-refractivity contribution in [3.8, 4) is 17.5 Å². The minimum atomic E-state index is -0.356. The smallest absolute Gasteiger partial charge is 0.249 e. The van der Waals surface area contributed by atoms with Crippen LogP contribution in [0, 0.1) is 25.2 Å². The number of anilines is 1. The van der Waals surface area contributed by atoms with Crippen LogP contribution >= 0.6 is 11.6 Å². The number of nitrogens with one attached hydrogen (secondary N) is 1. The number of nitriles is 1. The van der Waals surface area contributed by atoms with Gasteiger partial charge in [0.1, 0.15) is 18.4 Å². The van der Waals surface area contributed by atoms with Crippen molar-refractivity contribution in [3.05, 3.63) is 46.1 Å². The van der Waals surface area contributed by atoms with Gasteiger partial charge < -0.3 is 14.6 Å². The summed E-state index contributed by atoms with van der Waals surface area (Å²) in [4.78, 5) is 14.0. The lowest BCUT2D eigenvalue weighted by atomic mass is 10.2. The lowest BCUT2D eigenvalue weighted by molar-refractivity contribution is -0.117. The van der Waals surface area contributed by atoms with Crippen LogP contribution in [-0.4, -0.2) is 43.4 Å². The molecular weight excluding hydrogens is 418 g/mol. The topological polar surface area (TPSA) is 111 Å². The number of carbonyl (C=O) groups is 1. The Kier molecular flexibility index (Phi) is 6.02. The highest BCUT2D eigenvalue weighted by Crippen LogP contribution is 2.28. The monoisotopic (exact) mass is 439 g/mol. The number of aromatic nitrogens is 5. The summed E-state index contributed by atoms with van der Waals surface area (Å²) in [5, 5.41) is 25.2. The number of hydrogen-bond acceptors (Lipinski definition) is 6. The molecular formula is C21H22ClN7O2. The molecule has 10 heteroatoms. The quantitative estimate of drug-likeness (QED) is 0.631. The van der Waals surface area contributed by atoms with Crippen LogP contribution < -0.4 is 5.32 Å². The lowest BCUT2D eigenvalue weighted by Gasteiger charge is -2.16. The van der Waals surface area contributed by atoms with Crippen molar-refractivity contribution in [1.82, 2.24) is 24.8 Å². The molecule has 0 unspecified atom stereocenters. The molecule has 1 N–H and O–H groups in total. The average Bonchev–Trinajstić information content (AvgIpc) is 3.47. The SMILES string of the molecule is Cc1c(C#N)c(NC(=O)Cn2nnc(-c3ccccc3Cl)n2)n(C[C@@H]2CCCO2)c1C. The van der Waals surface area contributed by atoms with E-state index in [9.17, 15) is 10.1 Å². The number of nitrogens with zero attached hydrogens (tertiary/aromatic N) is 6. The zero-order valence-electron chi connectivity index (χ0n) is 17.3. The molecule has 3 aromatic rings. The van der Waals surface area contributed by atoms with Gasteiger partial charge in [0.15, 0.2) is 0 Å². The van der Waals surface area contributed by atoms with Gasteiger partial charge in [-0.15, -0.1) is 10.2 Å². The van der Waals surface area contributed by atoms with Crippen molar-refractivity contribution in [2.75, 3.05) is 11.9 Å². The predicted molar refractivity (Wildman–Crippen MR) is 114 cm³/mol. The molecule has 0 aliphatic carbocycles. The number of hydrogen-bond donors (Lipinski definition) is 1. The second-order valence-corrected chi connectivity index (χ2v) is 7.87. The first-order chi connectivity index (χ1) is 15.0. The van der Waals surface area contributed by atoms with E-state index >= 15 is 0 Å². The van der Waals surface area contributed by atoms with Crippen molar-refractivity contribution in [3.63, 3.8) is 0 Å². The minimum absolute atomic E-state index is 0.0721. The molecule has 2 aromatic heterocycles. The number of ether oxygens (including phenoxy) is 1. The fourth-order valence-electron chi connectivity index (χ4n) is 3.71. The van der Waals surface area contributed by atoms with E-state index in [-0.39, 0.29) is 18.6 Å². The lowest BCUT2D eigenvalue weighted by Crippen LogP contribution is -2.24. The Morgan fingerprint density at radius 2 is 2.19 bits per heavy atom. The predicted octanol–water partition coefficient (Wildman–Crippen LogP) is 3.10. The van der Waals surface area contributed by atoms with E-state index in [1.165, 1.54) is 4.80 Å². The van der Waals surface area contributed by atoms with Crippen molar-refractivity contribution in [2.45, 2.75) is 45.9 Å². The Bertz CT molecular complexity index is 1160. The Balaban J connectivity index is 1.53. The van der Waals surface area contributed by atoms with Gasteiger partial charge in [0.25, 0.3) is 0 Å². The third kappa shape index (κ3) is 4.31. The number of rotatable bonds is 6. The average molecular weight is 440 g/mol. The van der Waals surface area contributed by atoms with Gasteiger partial charge in [-0.25, -0.2) is 0 Å². The summed E-state index contributed by atoms with van der Waals surface area (Å²) in [5.74, 6) is 0.458. The third-order valence-corrected chi connectivity index (χ3v) is 5.79. The summed E-state index contributed by atoms with van der Waals surface area (Å²) in [5.41, 5.74) is 2.87.